The largest absolute Gasteiger partial charge is 0.480 e. The van der Waals surface area contributed by atoms with Crippen molar-refractivity contribution in [3.8, 4) is 0 Å². The molecule has 0 aromatic carbocycles. The normalized spacial score (nSPS) is 36.0. The fourth-order valence-electron chi connectivity index (χ4n) is 3.03. The molecule has 2 rings (SSSR count). The van der Waals surface area contributed by atoms with Gasteiger partial charge in [-0.05, 0) is 24.7 Å². The van der Waals surface area contributed by atoms with Crippen LogP contribution in [0, 0.1) is 11.8 Å². The minimum atomic E-state index is -1.17. The van der Waals surface area contributed by atoms with Gasteiger partial charge in [-0.15, -0.1) is 0 Å². The fourth-order valence-corrected chi connectivity index (χ4v) is 3.03. The van der Waals surface area contributed by atoms with Crippen LogP contribution in [0.2, 0.25) is 0 Å². The standard InChI is InChI=1S/C12H18N2O4/c1-7-3-4-8(2)12(5-7)10(17)14(6-9(15)16)11(18)13-12/h7-8H,3-6H2,1-2H3,(H,13,18)(H,15,16). The van der Waals surface area contributed by atoms with Crippen LogP contribution in [0.3, 0.4) is 0 Å². The first kappa shape index (κ1) is 12.9. The second-order valence-electron chi connectivity index (χ2n) is 5.47. The lowest BCUT2D eigenvalue weighted by atomic mass is 9.69. The molecule has 1 spiro atoms. The highest BCUT2D eigenvalue weighted by Gasteiger charge is 2.56. The minimum Gasteiger partial charge on any atom is -0.480 e. The zero-order valence-electron chi connectivity index (χ0n) is 10.6. The number of urea groups is 1. The Morgan fingerprint density at radius 2 is 2.11 bits per heavy atom. The summed E-state index contributed by atoms with van der Waals surface area (Å²) in [6.07, 6.45) is 2.49. The maximum atomic E-state index is 12.4. The van der Waals surface area contributed by atoms with Gasteiger partial charge in [-0.25, -0.2) is 4.79 Å². The smallest absolute Gasteiger partial charge is 0.325 e. The maximum absolute atomic E-state index is 12.4. The molecule has 1 saturated heterocycles. The van der Waals surface area contributed by atoms with Gasteiger partial charge in [-0.2, -0.15) is 0 Å². The van der Waals surface area contributed by atoms with Crippen molar-refractivity contribution in [2.45, 2.75) is 38.6 Å². The zero-order valence-corrected chi connectivity index (χ0v) is 10.6. The van der Waals surface area contributed by atoms with E-state index < -0.39 is 24.1 Å². The van der Waals surface area contributed by atoms with Crippen LogP contribution in [0.25, 0.3) is 0 Å². The number of carbonyl (C=O) groups is 3. The molecule has 6 nitrogen and oxygen atoms in total. The number of hydrogen-bond acceptors (Lipinski definition) is 3. The van der Waals surface area contributed by atoms with Crippen LogP contribution in [0.1, 0.15) is 33.1 Å². The molecular weight excluding hydrogens is 236 g/mol. The van der Waals surface area contributed by atoms with E-state index in [1.807, 2.05) is 13.8 Å². The summed E-state index contributed by atoms with van der Waals surface area (Å²) in [6.45, 7) is 3.43. The van der Waals surface area contributed by atoms with Crippen molar-refractivity contribution in [3.63, 3.8) is 0 Å². The lowest BCUT2D eigenvalue weighted by molar-refractivity contribution is -0.144. The topological polar surface area (TPSA) is 86.7 Å². The lowest BCUT2D eigenvalue weighted by Gasteiger charge is -2.39. The maximum Gasteiger partial charge on any atom is 0.325 e. The molecule has 0 radical (unpaired) electrons. The Morgan fingerprint density at radius 3 is 2.72 bits per heavy atom. The third-order valence-corrected chi connectivity index (χ3v) is 4.10. The van der Waals surface area contributed by atoms with Crippen molar-refractivity contribution >= 4 is 17.9 Å². The van der Waals surface area contributed by atoms with Crippen molar-refractivity contribution in [1.29, 1.82) is 0 Å². The van der Waals surface area contributed by atoms with Crippen LogP contribution in [-0.2, 0) is 9.59 Å². The van der Waals surface area contributed by atoms with Crippen molar-refractivity contribution in [2.24, 2.45) is 11.8 Å². The monoisotopic (exact) mass is 254 g/mol. The second kappa shape index (κ2) is 4.26. The Bertz CT molecular complexity index is 409. The summed E-state index contributed by atoms with van der Waals surface area (Å²) in [6, 6.07) is -0.580. The summed E-state index contributed by atoms with van der Waals surface area (Å²) in [5.41, 5.74) is -0.885. The van der Waals surface area contributed by atoms with Crippen LogP contribution >= 0.6 is 0 Å². The summed E-state index contributed by atoms with van der Waals surface area (Å²) >= 11 is 0. The second-order valence-corrected chi connectivity index (χ2v) is 5.47. The van der Waals surface area contributed by atoms with Gasteiger partial charge in [0, 0.05) is 0 Å². The van der Waals surface area contributed by atoms with Gasteiger partial charge >= 0.3 is 12.0 Å². The first-order chi connectivity index (χ1) is 8.36. The summed E-state index contributed by atoms with van der Waals surface area (Å²) in [4.78, 5) is 35.6. The number of nitrogens with one attached hydrogen (secondary N) is 1. The summed E-state index contributed by atoms with van der Waals surface area (Å²) in [5.74, 6) is -1.15. The molecule has 1 heterocycles. The third-order valence-electron chi connectivity index (χ3n) is 4.10. The average molecular weight is 254 g/mol. The molecule has 3 atom stereocenters. The highest BCUT2D eigenvalue weighted by Crippen LogP contribution is 2.40. The van der Waals surface area contributed by atoms with Crippen LogP contribution in [0.5, 0.6) is 0 Å². The molecule has 0 aromatic heterocycles. The van der Waals surface area contributed by atoms with E-state index in [-0.39, 0.29) is 11.8 Å². The van der Waals surface area contributed by atoms with Gasteiger partial charge < -0.3 is 10.4 Å². The summed E-state index contributed by atoms with van der Waals surface area (Å²) < 4.78 is 0. The number of rotatable bonds is 2. The molecule has 2 fully saturated rings. The van der Waals surface area contributed by atoms with Crippen molar-refractivity contribution in [3.05, 3.63) is 0 Å². The minimum absolute atomic E-state index is 0.0453. The van der Waals surface area contributed by atoms with Crippen molar-refractivity contribution in [2.75, 3.05) is 6.54 Å². The van der Waals surface area contributed by atoms with Crippen LogP contribution in [0.4, 0.5) is 4.79 Å². The molecule has 1 aliphatic carbocycles. The van der Waals surface area contributed by atoms with E-state index in [0.29, 0.717) is 12.3 Å². The molecule has 2 aliphatic rings. The average Bonchev–Trinajstić information content (AvgIpc) is 2.49. The number of imide groups is 1. The Balaban J connectivity index is 2.27. The van der Waals surface area contributed by atoms with E-state index in [1.54, 1.807) is 0 Å². The SMILES string of the molecule is CC1CCC(C)C2(C1)NC(=O)N(CC(=O)O)C2=O. The van der Waals surface area contributed by atoms with Crippen LogP contribution < -0.4 is 5.32 Å². The molecule has 100 valence electrons. The number of carbonyl (C=O) groups excluding carboxylic acids is 2. The van der Waals surface area contributed by atoms with Gasteiger partial charge in [0.15, 0.2) is 0 Å². The fraction of sp³-hybridized carbons (Fsp3) is 0.750. The molecule has 3 amide bonds. The first-order valence-corrected chi connectivity index (χ1v) is 6.22. The first-order valence-electron chi connectivity index (χ1n) is 6.22. The zero-order chi connectivity index (χ0) is 13.5. The Hall–Kier alpha value is -1.59. The van der Waals surface area contributed by atoms with Gasteiger partial charge in [0.25, 0.3) is 5.91 Å². The third kappa shape index (κ3) is 1.85. The van der Waals surface area contributed by atoms with E-state index in [1.165, 1.54) is 0 Å². The van der Waals surface area contributed by atoms with E-state index in [9.17, 15) is 14.4 Å². The highest BCUT2D eigenvalue weighted by atomic mass is 16.4. The molecule has 18 heavy (non-hydrogen) atoms. The van der Waals surface area contributed by atoms with Gasteiger partial charge in [-0.1, -0.05) is 20.3 Å². The van der Waals surface area contributed by atoms with Gasteiger partial charge in [0.1, 0.15) is 12.1 Å². The Morgan fingerprint density at radius 1 is 1.44 bits per heavy atom. The Labute approximate surface area is 105 Å². The van der Waals surface area contributed by atoms with Gasteiger partial charge in [0.05, 0.1) is 0 Å². The van der Waals surface area contributed by atoms with E-state index >= 15 is 0 Å². The molecule has 1 saturated carbocycles. The predicted molar refractivity (Wildman–Crippen MR) is 62.8 cm³/mol. The van der Waals surface area contributed by atoms with E-state index in [0.717, 1.165) is 17.7 Å². The number of carboxylic acids is 1. The summed E-state index contributed by atoms with van der Waals surface area (Å²) in [7, 11) is 0. The Kier molecular flexibility index (Phi) is 3.04. The van der Waals surface area contributed by atoms with Gasteiger partial charge in [-0.3, -0.25) is 14.5 Å². The van der Waals surface area contributed by atoms with Crippen molar-refractivity contribution < 1.29 is 19.5 Å². The number of nitrogens with zero attached hydrogens (tertiary/aromatic N) is 1. The van der Waals surface area contributed by atoms with E-state index in [2.05, 4.69) is 5.32 Å². The number of amides is 3. The number of carboxylic acid groups (broad SMARTS) is 1. The van der Waals surface area contributed by atoms with Crippen LogP contribution in [-0.4, -0.2) is 40.0 Å². The molecule has 0 bridgehead atoms. The predicted octanol–water partition coefficient (Wildman–Crippen LogP) is 0.818. The molecule has 3 unspecified atom stereocenters. The molecule has 0 aromatic rings. The molecule has 2 N–H and O–H groups in total. The summed E-state index contributed by atoms with van der Waals surface area (Å²) in [5, 5.41) is 11.5. The number of aliphatic carboxylic acids is 1. The van der Waals surface area contributed by atoms with Crippen LogP contribution in [0.15, 0.2) is 0 Å². The quantitative estimate of drug-likeness (QED) is 0.714. The number of hydrogen-bond donors (Lipinski definition) is 2. The molecule has 6 heteroatoms. The van der Waals surface area contributed by atoms with Crippen molar-refractivity contribution in [1.82, 2.24) is 10.2 Å². The highest BCUT2D eigenvalue weighted by molar-refractivity contribution is 6.08. The lowest BCUT2D eigenvalue weighted by Crippen LogP contribution is -2.55. The van der Waals surface area contributed by atoms with Gasteiger partial charge in [0.2, 0.25) is 0 Å². The molecule has 1 aliphatic heterocycles. The molecular formula is C12H18N2O4. The van der Waals surface area contributed by atoms with E-state index in [4.69, 9.17) is 5.11 Å².